The number of ether oxygens (including phenoxy) is 2. The average Bonchev–Trinajstić information content (AvgIpc) is 3.02. The van der Waals surface area contributed by atoms with Crippen LogP contribution in [-0.4, -0.2) is 67.6 Å². The molecule has 11 nitrogen and oxygen atoms in total. The highest BCUT2D eigenvalue weighted by atomic mass is 32.2. The first-order chi connectivity index (χ1) is 20.4. The molecule has 12 heteroatoms. The van der Waals surface area contributed by atoms with E-state index in [1.54, 1.807) is 72.8 Å². The summed E-state index contributed by atoms with van der Waals surface area (Å²) in [6.45, 7) is -0.452. The van der Waals surface area contributed by atoms with Crippen molar-refractivity contribution in [2.24, 2.45) is 0 Å². The Morgan fingerprint density at radius 2 is 1.76 bits per heavy atom. The number of aromatic amines is 1. The van der Waals surface area contributed by atoms with Crippen LogP contribution >= 0.6 is 0 Å². The van der Waals surface area contributed by atoms with E-state index in [1.165, 1.54) is 0 Å². The molecule has 0 bridgehead atoms. The first-order valence-corrected chi connectivity index (χ1v) is 14.4. The van der Waals surface area contributed by atoms with Crippen molar-refractivity contribution in [3.8, 4) is 22.9 Å². The summed E-state index contributed by atoms with van der Waals surface area (Å²) in [5.74, 6) is 0.0630. The number of carbonyl (C=O) groups excluding carboxylic acids is 3. The Morgan fingerprint density at radius 1 is 1.02 bits per heavy atom. The van der Waals surface area contributed by atoms with Gasteiger partial charge in [-0.2, -0.15) is 0 Å². The van der Waals surface area contributed by atoms with Crippen molar-refractivity contribution in [3.63, 3.8) is 0 Å². The molecule has 212 valence electrons. The Kier molecular flexibility index (Phi) is 7.36. The van der Waals surface area contributed by atoms with E-state index < -0.39 is 34.0 Å². The first kappa shape index (κ1) is 27.1. The van der Waals surface area contributed by atoms with E-state index in [-0.39, 0.29) is 30.2 Å². The van der Waals surface area contributed by atoms with Crippen LogP contribution in [0.5, 0.6) is 11.5 Å². The molecule has 3 aromatic carbocycles. The fraction of sp³-hybridized carbons (Fsp3) is 0.167. The molecule has 1 fully saturated rings. The molecule has 0 spiro atoms. The summed E-state index contributed by atoms with van der Waals surface area (Å²) >= 11 is 0. The van der Waals surface area contributed by atoms with Gasteiger partial charge in [0.1, 0.15) is 35.3 Å². The maximum atomic E-state index is 13.2. The Hall–Kier alpha value is -5.10. The Balaban J connectivity index is 1.17. The molecule has 42 heavy (non-hydrogen) atoms. The molecule has 1 aromatic heterocycles. The van der Waals surface area contributed by atoms with Gasteiger partial charge in [-0.3, -0.25) is 28.3 Å². The number of nitrogens with one attached hydrogen (secondary N) is 2. The molecule has 0 radical (unpaired) electrons. The van der Waals surface area contributed by atoms with Crippen LogP contribution in [0.3, 0.4) is 0 Å². The fourth-order valence-corrected chi connectivity index (χ4v) is 6.61. The summed E-state index contributed by atoms with van der Waals surface area (Å²) < 4.78 is 24.6. The number of rotatable bonds is 9. The molecule has 2 N–H and O–H groups in total. The van der Waals surface area contributed by atoms with Gasteiger partial charge < -0.3 is 19.8 Å². The molecule has 0 aliphatic carbocycles. The van der Waals surface area contributed by atoms with Crippen molar-refractivity contribution in [3.05, 3.63) is 100 Å². The Bertz CT molecular complexity index is 1820. The second-order valence-corrected chi connectivity index (χ2v) is 11.1. The first-order valence-electron chi connectivity index (χ1n) is 13.0. The highest BCUT2D eigenvalue weighted by Crippen LogP contribution is 2.35. The summed E-state index contributed by atoms with van der Waals surface area (Å²) in [7, 11) is -1.61. The van der Waals surface area contributed by atoms with Gasteiger partial charge in [0.25, 0.3) is 17.4 Å². The zero-order valence-electron chi connectivity index (χ0n) is 22.0. The monoisotopic (exact) mass is 584 g/mol. The number of hydrogen-bond acceptors (Lipinski definition) is 8. The van der Waals surface area contributed by atoms with Gasteiger partial charge in [-0.25, -0.2) is 4.98 Å². The predicted molar refractivity (Wildman–Crippen MR) is 154 cm³/mol. The van der Waals surface area contributed by atoms with Crippen LogP contribution in [0.15, 0.2) is 94.9 Å². The molecule has 0 saturated carbocycles. The van der Waals surface area contributed by atoms with Gasteiger partial charge in [0.15, 0.2) is 12.9 Å². The van der Waals surface area contributed by atoms with Gasteiger partial charge >= 0.3 is 0 Å². The fourth-order valence-electron chi connectivity index (χ4n) is 4.93. The molecule has 3 unspecified atom stereocenters. The van der Waals surface area contributed by atoms with Gasteiger partial charge in [0.2, 0.25) is 0 Å². The summed E-state index contributed by atoms with van der Waals surface area (Å²) in [4.78, 5) is 58.6. The lowest BCUT2D eigenvalue weighted by Gasteiger charge is -2.48. The minimum absolute atomic E-state index is 0.0252. The average molecular weight is 585 g/mol. The predicted octanol–water partition coefficient (Wildman–Crippen LogP) is 1.92. The second kappa shape index (κ2) is 11.4. The van der Waals surface area contributed by atoms with Crippen molar-refractivity contribution in [1.29, 1.82) is 0 Å². The van der Waals surface area contributed by atoms with E-state index in [9.17, 15) is 23.4 Å². The number of hydrogen-bond donors (Lipinski definition) is 2. The maximum absolute atomic E-state index is 13.2. The molecule has 3 heterocycles. The quantitative estimate of drug-likeness (QED) is 0.224. The molecule has 3 atom stereocenters. The third-order valence-corrected chi connectivity index (χ3v) is 8.60. The van der Waals surface area contributed by atoms with E-state index in [0.29, 0.717) is 45.6 Å². The molecular weight excluding hydrogens is 560 g/mol. The van der Waals surface area contributed by atoms with Gasteiger partial charge in [-0.05, 0) is 36.4 Å². The van der Waals surface area contributed by atoms with Gasteiger partial charge in [0.05, 0.1) is 38.7 Å². The van der Waals surface area contributed by atoms with Crippen LogP contribution < -0.4 is 20.3 Å². The van der Waals surface area contributed by atoms with Crippen LogP contribution in [0, 0.1) is 0 Å². The Morgan fingerprint density at radius 3 is 2.57 bits per heavy atom. The van der Waals surface area contributed by atoms with Crippen LogP contribution in [0.25, 0.3) is 22.3 Å². The number of nitrogens with zero attached hydrogens (tertiary/aromatic N) is 2. The standard InChI is InChI=1S/C30H24N4O7S/c35-14-23-18(15-41-24-13-7-5-11-21(24)27-31-22-12-6-4-10-20(22)28(37)33-27)17-42(39)30-26(29(38)34(23)30)32-25(36)16-40-19-8-2-1-3-9-19/h1-14,26,30H,15-17H2,(H,32,36)(H,31,33,37). The number of aromatic nitrogens is 2. The minimum Gasteiger partial charge on any atom is -0.488 e. The number of benzene rings is 3. The van der Waals surface area contributed by atoms with Crippen LogP contribution in [0.1, 0.15) is 0 Å². The van der Waals surface area contributed by atoms with Gasteiger partial charge in [0, 0.05) is 5.57 Å². The van der Waals surface area contributed by atoms with Crippen LogP contribution in [0.2, 0.25) is 0 Å². The number of H-pyrrole nitrogens is 1. The highest BCUT2D eigenvalue weighted by Gasteiger charge is 2.55. The number of para-hydroxylation sites is 3. The van der Waals surface area contributed by atoms with Crippen molar-refractivity contribution in [2.45, 2.75) is 11.4 Å². The summed E-state index contributed by atoms with van der Waals surface area (Å²) in [6, 6.07) is 21.6. The van der Waals surface area contributed by atoms with E-state index in [2.05, 4.69) is 15.3 Å². The third-order valence-electron chi connectivity index (χ3n) is 6.95. The van der Waals surface area contributed by atoms with Crippen molar-refractivity contribution in [1.82, 2.24) is 20.2 Å². The molecule has 6 rings (SSSR count). The van der Waals surface area contributed by atoms with E-state index >= 15 is 0 Å². The molecule has 2 aliphatic rings. The second-order valence-electron chi connectivity index (χ2n) is 9.59. The summed E-state index contributed by atoms with van der Waals surface area (Å²) in [5, 5.41) is 2.15. The number of allylic oxidation sites excluding steroid dienone is 1. The lowest BCUT2D eigenvalue weighted by Crippen LogP contribution is -2.73. The Labute approximate surface area is 241 Å². The van der Waals surface area contributed by atoms with E-state index in [0.717, 1.165) is 4.90 Å². The van der Waals surface area contributed by atoms with Gasteiger partial charge in [-0.1, -0.05) is 42.5 Å². The molecule has 2 aliphatic heterocycles. The number of carbonyl (C=O) groups is 3. The molecular formula is C30H24N4O7S. The highest BCUT2D eigenvalue weighted by molar-refractivity contribution is 7.86. The number of β-lactam (4-membered cyclic amide) rings is 1. The van der Waals surface area contributed by atoms with E-state index in [1.807, 2.05) is 6.07 Å². The van der Waals surface area contributed by atoms with Gasteiger partial charge in [-0.15, -0.1) is 0 Å². The minimum atomic E-state index is -1.61. The lowest BCUT2D eigenvalue weighted by atomic mass is 10.0. The normalized spacial score (nSPS) is 19.6. The number of aldehydes is 1. The lowest BCUT2D eigenvalue weighted by molar-refractivity contribution is -0.147. The van der Waals surface area contributed by atoms with Crippen LogP contribution in [0.4, 0.5) is 0 Å². The van der Waals surface area contributed by atoms with Crippen molar-refractivity contribution < 1.29 is 28.1 Å². The topological polar surface area (TPSA) is 148 Å². The largest absolute Gasteiger partial charge is 0.488 e. The van der Waals surface area contributed by atoms with Crippen molar-refractivity contribution in [2.75, 3.05) is 19.0 Å². The SMILES string of the molecule is O=CC1=C(COc2ccccc2-c2nc3ccccc3c(=O)[nH]2)CS(=O)C2C(NC(=O)COc3ccccc3)C(=O)N12. The zero-order chi connectivity index (χ0) is 29.2. The third kappa shape index (κ3) is 5.07. The summed E-state index contributed by atoms with van der Waals surface area (Å²) in [5.41, 5.74) is 1.18. The van der Waals surface area contributed by atoms with Crippen molar-refractivity contribution >= 4 is 39.8 Å². The molecule has 1 saturated heterocycles. The summed E-state index contributed by atoms with van der Waals surface area (Å²) in [6.07, 6.45) is 0.533. The van der Waals surface area contributed by atoms with E-state index in [4.69, 9.17) is 9.47 Å². The molecule has 2 amide bonds. The smallest absolute Gasteiger partial charge is 0.259 e. The number of amides is 2. The zero-order valence-corrected chi connectivity index (χ0v) is 22.8. The maximum Gasteiger partial charge on any atom is 0.259 e. The molecule has 4 aromatic rings. The number of fused-ring (bicyclic) bond motifs is 2. The van der Waals surface area contributed by atoms with Crippen LogP contribution in [-0.2, 0) is 25.2 Å².